The molecule has 1 amide bonds. The zero-order chi connectivity index (χ0) is 19.2. The van der Waals surface area contributed by atoms with E-state index >= 15 is 0 Å². The molecule has 138 valence electrons. The van der Waals surface area contributed by atoms with Crippen LogP contribution in [0.4, 0.5) is 11.5 Å². The molecule has 0 radical (unpaired) electrons. The summed E-state index contributed by atoms with van der Waals surface area (Å²) in [6.07, 6.45) is 0. The van der Waals surface area contributed by atoms with E-state index in [2.05, 4.69) is 34.4 Å². The van der Waals surface area contributed by atoms with Crippen molar-refractivity contribution in [1.29, 1.82) is 0 Å². The smallest absolute Gasteiger partial charge is 0.274 e. The quantitative estimate of drug-likeness (QED) is 0.664. The maximum absolute atomic E-state index is 12.8. The van der Waals surface area contributed by atoms with Crippen LogP contribution in [0.3, 0.4) is 0 Å². The lowest BCUT2D eigenvalue weighted by atomic mass is 10.2. The van der Waals surface area contributed by atoms with Gasteiger partial charge in [-0.25, -0.2) is 9.97 Å². The number of hydrogen-bond acceptors (Lipinski definition) is 4. The molecule has 5 heteroatoms. The average molecular weight is 360 g/mol. The lowest BCUT2D eigenvalue weighted by Crippen LogP contribution is -2.16. The second kappa shape index (κ2) is 8.45. The van der Waals surface area contributed by atoms with Gasteiger partial charge in [0.05, 0.1) is 0 Å². The number of carbonyl (C=O) groups is 1. The first kappa shape index (κ1) is 18.6. The summed E-state index contributed by atoms with van der Waals surface area (Å²) in [7, 11) is 0. The molecule has 0 bridgehead atoms. The second-order valence-corrected chi connectivity index (χ2v) is 6.93. The summed E-state index contributed by atoms with van der Waals surface area (Å²) in [6.45, 7) is 7.00. The highest BCUT2D eigenvalue weighted by Crippen LogP contribution is 2.19. The highest BCUT2D eigenvalue weighted by molar-refractivity contribution is 6.03. The van der Waals surface area contributed by atoms with Gasteiger partial charge in [-0.15, -0.1) is 0 Å². The van der Waals surface area contributed by atoms with Crippen molar-refractivity contribution in [3.63, 3.8) is 0 Å². The number of hydrogen-bond donors (Lipinski definition) is 2. The lowest BCUT2D eigenvalue weighted by molar-refractivity contribution is 0.102. The SMILES string of the molecule is Cc1cccc(NC(=O)c2cc(NCC(C)C)nc(-c3ccccc3)n2)c1. The minimum atomic E-state index is -0.257. The van der Waals surface area contributed by atoms with Crippen molar-refractivity contribution in [2.24, 2.45) is 5.92 Å². The summed E-state index contributed by atoms with van der Waals surface area (Å²) in [5.74, 6) is 1.38. The fraction of sp³-hybridized carbons (Fsp3) is 0.227. The zero-order valence-electron chi connectivity index (χ0n) is 15.9. The van der Waals surface area contributed by atoms with E-state index in [-0.39, 0.29) is 5.91 Å². The van der Waals surface area contributed by atoms with Gasteiger partial charge in [0.1, 0.15) is 11.5 Å². The minimum absolute atomic E-state index is 0.257. The van der Waals surface area contributed by atoms with Crippen LogP contribution in [-0.2, 0) is 0 Å². The molecule has 3 aromatic rings. The van der Waals surface area contributed by atoms with Crippen LogP contribution in [0.15, 0.2) is 60.7 Å². The highest BCUT2D eigenvalue weighted by Gasteiger charge is 2.14. The Balaban J connectivity index is 1.92. The Morgan fingerprint density at radius 1 is 1.00 bits per heavy atom. The number of aromatic nitrogens is 2. The van der Waals surface area contributed by atoms with E-state index in [0.717, 1.165) is 23.4 Å². The van der Waals surface area contributed by atoms with Crippen LogP contribution in [0.2, 0.25) is 0 Å². The van der Waals surface area contributed by atoms with E-state index in [1.807, 2.05) is 61.5 Å². The van der Waals surface area contributed by atoms with E-state index in [1.54, 1.807) is 6.07 Å². The van der Waals surface area contributed by atoms with Crippen LogP contribution in [0.5, 0.6) is 0 Å². The van der Waals surface area contributed by atoms with Gasteiger partial charge in [0.2, 0.25) is 0 Å². The molecule has 27 heavy (non-hydrogen) atoms. The molecule has 2 aromatic carbocycles. The monoisotopic (exact) mass is 360 g/mol. The molecule has 5 nitrogen and oxygen atoms in total. The molecular weight excluding hydrogens is 336 g/mol. The van der Waals surface area contributed by atoms with Gasteiger partial charge in [-0.2, -0.15) is 0 Å². The summed E-state index contributed by atoms with van der Waals surface area (Å²) in [4.78, 5) is 21.8. The van der Waals surface area contributed by atoms with Crippen molar-refractivity contribution in [3.8, 4) is 11.4 Å². The summed E-state index contributed by atoms with van der Waals surface area (Å²) in [5, 5.41) is 6.20. The summed E-state index contributed by atoms with van der Waals surface area (Å²) in [5.41, 5.74) is 3.03. The van der Waals surface area contributed by atoms with Gasteiger partial charge in [0, 0.05) is 23.9 Å². The molecule has 0 saturated carbocycles. The molecule has 0 atom stereocenters. The topological polar surface area (TPSA) is 66.9 Å². The molecule has 2 N–H and O–H groups in total. The lowest BCUT2D eigenvalue weighted by Gasteiger charge is -2.12. The molecule has 0 saturated heterocycles. The normalized spacial score (nSPS) is 10.7. The number of nitrogens with zero attached hydrogens (tertiary/aromatic N) is 2. The largest absolute Gasteiger partial charge is 0.370 e. The average Bonchev–Trinajstić information content (AvgIpc) is 2.67. The van der Waals surface area contributed by atoms with Crippen LogP contribution < -0.4 is 10.6 Å². The second-order valence-electron chi connectivity index (χ2n) is 6.93. The number of aryl methyl sites for hydroxylation is 1. The Labute approximate surface area is 159 Å². The van der Waals surface area contributed by atoms with E-state index in [4.69, 9.17) is 0 Å². The predicted molar refractivity (Wildman–Crippen MR) is 110 cm³/mol. The molecule has 0 unspecified atom stereocenters. The van der Waals surface area contributed by atoms with Gasteiger partial charge in [0.25, 0.3) is 5.91 Å². The number of benzene rings is 2. The van der Waals surface area contributed by atoms with Crippen LogP contribution in [0.1, 0.15) is 29.9 Å². The van der Waals surface area contributed by atoms with Gasteiger partial charge in [-0.1, -0.05) is 56.3 Å². The number of anilines is 2. The van der Waals surface area contributed by atoms with Gasteiger partial charge in [0.15, 0.2) is 5.82 Å². The van der Waals surface area contributed by atoms with Crippen molar-refractivity contribution in [2.75, 3.05) is 17.2 Å². The maximum Gasteiger partial charge on any atom is 0.274 e. The number of rotatable bonds is 6. The Morgan fingerprint density at radius 3 is 2.48 bits per heavy atom. The van der Waals surface area contributed by atoms with Crippen molar-refractivity contribution in [2.45, 2.75) is 20.8 Å². The Morgan fingerprint density at radius 2 is 1.78 bits per heavy atom. The standard InChI is InChI=1S/C22H24N4O/c1-15(2)14-23-20-13-19(22(27)24-18-11-7-8-16(3)12-18)25-21(26-20)17-9-5-4-6-10-17/h4-13,15H,14H2,1-3H3,(H,24,27)(H,23,25,26). The molecule has 0 aliphatic carbocycles. The van der Waals surface area contributed by atoms with Crippen molar-refractivity contribution < 1.29 is 4.79 Å². The molecule has 0 spiro atoms. The summed E-state index contributed by atoms with van der Waals surface area (Å²) in [6, 6.07) is 19.1. The third-order valence-electron chi connectivity index (χ3n) is 3.96. The van der Waals surface area contributed by atoms with E-state index in [0.29, 0.717) is 23.3 Å². The molecular formula is C22H24N4O. The van der Waals surface area contributed by atoms with Crippen molar-refractivity contribution in [1.82, 2.24) is 9.97 Å². The van der Waals surface area contributed by atoms with Gasteiger partial charge >= 0.3 is 0 Å². The molecule has 0 aliphatic rings. The summed E-state index contributed by atoms with van der Waals surface area (Å²) < 4.78 is 0. The van der Waals surface area contributed by atoms with Crippen LogP contribution in [0.25, 0.3) is 11.4 Å². The van der Waals surface area contributed by atoms with Gasteiger partial charge in [-0.3, -0.25) is 4.79 Å². The van der Waals surface area contributed by atoms with Crippen molar-refractivity contribution in [3.05, 3.63) is 71.9 Å². The Bertz CT molecular complexity index is 923. The van der Waals surface area contributed by atoms with E-state index < -0.39 is 0 Å². The predicted octanol–water partition coefficient (Wildman–Crippen LogP) is 4.77. The molecule has 0 aliphatic heterocycles. The maximum atomic E-state index is 12.8. The Hall–Kier alpha value is -3.21. The fourth-order valence-corrected chi connectivity index (χ4v) is 2.60. The number of amides is 1. The van der Waals surface area contributed by atoms with Gasteiger partial charge < -0.3 is 10.6 Å². The molecule has 3 rings (SSSR count). The van der Waals surface area contributed by atoms with Crippen LogP contribution in [0, 0.1) is 12.8 Å². The van der Waals surface area contributed by atoms with Crippen LogP contribution in [-0.4, -0.2) is 22.4 Å². The minimum Gasteiger partial charge on any atom is -0.370 e. The molecule has 1 heterocycles. The third-order valence-corrected chi connectivity index (χ3v) is 3.96. The highest BCUT2D eigenvalue weighted by atomic mass is 16.1. The first-order valence-corrected chi connectivity index (χ1v) is 9.07. The van der Waals surface area contributed by atoms with E-state index in [9.17, 15) is 4.79 Å². The zero-order valence-corrected chi connectivity index (χ0v) is 15.9. The van der Waals surface area contributed by atoms with E-state index in [1.165, 1.54) is 0 Å². The number of carbonyl (C=O) groups excluding carboxylic acids is 1. The summed E-state index contributed by atoms with van der Waals surface area (Å²) >= 11 is 0. The third kappa shape index (κ3) is 5.14. The first-order valence-electron chi connectivity index (χ1n) is 9.07. The fourth-order valence-electron chi connectivity index (χ4n) is 2.60. The first-order chi connectivity index (χ1) is 13.0. The van der Waals surface area contributed by atoms with Crippen molar-refractivity contribution >= 4 is 17.4 Å². The van der Waals surface area contributed by atoms with Gasteiger partial charge in [-0.05, 0) is 30.5 Å². The molecule has 1 aromatic heterocycles. The van der Waals surface area contributed by atoms with Crippen LogP contribution >= 0.6 is 0 Å². The Kier molecular flexibility index (Phi) is 5.81. The molecule has 0 fully saturated rings. The number of nitrogens with one attached hydrogen (secondary N) is 2.